The number of benzene rings is 2. The molecular formula is C22H19Cl2N5O3S. The molecule has 170 valence electrons. The molecule has 1 fully saturated rings. The number of aromatic nitrogens is 2. The van der Waals surface area contributed by atoms with Crippen LogP contribution in [0.2, 0.25) is 10.0 Å². The van der Waals surface area contributed by atoms with Gasteiger partial charge in [-0.25, -0.2) is 18.1 Å². The molecule has 0 aliphatic carbocycles. The average Bonchev–Trinajstić information content (AvgIpc) is 3.15. The van der Waals surface area contributed by atoms with Gasteiger partial charge in [0.15, 0.2) is 15.5 Å². The number of hydrazine groups is 1. The number of rotatable bonds is 4. The molecule has 1 aliphatic rings. The van der Waals surface area contributed by atoms with E-state index in [-0.39, 0.29) is 35.9 Å². The van der Waals surface area contributed by atoms with E-state index in [1.54, 1.807) is 18.2 Å². The van der Waals surface area contributed by atoms with Crippen LogP contribution in [0.5, 0.6) is 0 Å². The van der Waals surface area contributed by atoms with Crippen LogP contribution in [-0.4, -0.2) is 53.7 Å². The van der Waals surface area contributed by atoms with Gasteiger partial charge in [0, 0.05) is 23.7 Å². The molecule has 1 saturated heterocycles. The Morgan fingerprint density at radius 3 is 2.39 bits per heavy atom. The van der Waals surface area contributed by atoms with E-state index < -0.39 is 15.7 Å². The molecule has 1 aromatic heterocycles. The fraction of sp³-hybridized carbons (Fsp3) is 0.227. The average molecular weight is 504 g/mol. The molecule has 4 rings (SSSR count). The Morgan fingerprint density at radius 2 is 1.79 bits per heavy atom. The van der Waals surface area contributed by atoms with Gasteiger partial charge in [0.2, 0.25) is 0 Å². The number of sulfone groups is 1. The summed E-state index contributed by atoms with van der Waals surface area (Å²) in [4.78, 5) is 13.1. The smallest absolute Gasteiger partial charge is 0.283 e. The highest BCUT2D eigenvalue weighted by Gasteiger charge is 2.29. The Morgan fingerprint density at radius 1 is 1.12 bits per heavy atom. The third-order valence-electron chi connectivity index (χ3n) is 5.28. The highest BCUT2D eigenvalue weighted by molar-refractivity contribution is 7.91. The lowest BCUT2D eigenvalue weighted by atomic mass is 10.0. The van der Waals surface area contributed by atoms with Gasteiger partial charge in [-0.15, -0.1) is 0 Å². The van der Waals surface area contributed by atoms with Gasteiger partial charge in [-0.2, -0.15) is 10.4 Å². The van der Waals surface area contributed by atoms with E-state index in [9.17, 15) is 18.5 Å². The van der Waals surface area contributed by atoms with Crippen molar-refractivity contribution < 1.29 is 13.2 Å². The molecule has 0 spiro atoms. The van der Waals surface area contributed by atoms with Gasteiger partial charge >= 0.3 is 0 Å². The molecule has 0 atom stereocenters. The zero-order valence-electron chi connectivity index (χ0n) is 17.5. The largest absolute Gasteiger partial charge is 0.287 e. The zero-order valence-corrected chi connectivity index (χ0v) is 19.9. The predicted molar refractivity (Wildman–Crippen MR) is 126 cm³/mol. The summed E-state index contributed by atoms with van der Waals surface area (Å²) < 4.78 is 24.8. The normalized spacial score (nSPS) is 15.7. The van der Waals surface area contributed by atoms with Crippen molar-refractivity contribution in [3.8, 4) is 23.0 Å². The number of carbonyl (C=O) groups excluding carboxylic acids is 1. The molecule has 1 aliphatic heterocycles. The van der Waals surface area contributed by atoms with Gasteiger partial charge in [-0.05, 0) is 25.1 Å². The number of nitrogens with one attached hydrogen (secondary N) is 1. The molecular weight excluding hydrogens is 485 g/mol. The number of nitrogens with zero attached hydrogens (tertiary/aromatic N) is 4. The number of hydrogen-bond acceptors (Lipinski definition) is 6. The van der Waals surface area contributed by atoms with Crippen LogP contribution in [0.1, 0.15) is 21.6 Å². The minimum absolute atomic E-state index is 0.0537. The molecule has 8 nitrogen and oxygen atoms in total. The third-order valence-corrected chi connectivity index (χ3v) is 7.43. The van der Waals surface area contributed by atoms with Crippen LogP contribution in [0.15, 0.2) is 42.5 Å². The Kier molecular flexibility index (Phi) is 6.45. The molecule has 3 aromatic rings. The molecule has 0 bridgehead atoms. The second-order valence-electron chi connectivity index (χ2n) is 7.64. The maximum Gasteiger partial charge on any atom is 0.287 e. The van der Waals surface area contributed by atoms with E-state index in [1.165, 1.54) is 9.69 Å². The van der Waals surface area contributed by atoms with Crippen LogP contribution in [0.25, 0.3) is 16.9 Å². The standard InChI is InChI=1S/C22H19Cl2N5O3S/c1-14-2-4-15(5-3-14)21-17(13-25)20(22(30)27-28-8-10-33(31,32)11-9-28)26-29(21)19-7-6-16(23)12-18(19)24/h2-7,12H,8-11H2,1H3,(H,27,30). The van der Waals surface area contributed by atoms with Crippen molar-refractivity contribution in [3.05, 3.63) is 69.3 Å². The van der Waals surface area contributed by atoms with E-state index in [0.717, 1.165) is 5.56 Å². The minimum atomic E-state index is -3.11. The Bertz CT molecular complexity index is 1360. The molecule has 0 radical (unpaired) electrons. The third kappa shape index (κ3) is 4.89. The highest BCUT2D eigenvalue weighted by atomic mass is 35.5. The summed E-state index contributed by atoms with van der Waals surface area (Å²) in [7, 11) is -3.11. The molecule has 2 heterocycles. The van der Waals surface area contributed by atoms with Crippen molar-refractivity contribution in [2.45, 2.75) is 6.92 Å². The highest BCUT2D eigenvalue weighted by Crippen LogP contribution is 2.33. The van der Waals surface area contributed by atoms with E-state index in [0.29, 0.717) is 27.0 Å². The first-order valence-electron chi connectivity index (χ1n) is 10.0. The SMILES string of the molecule is Cc1ccc(-c2c(C#N)c(C(=O)NN3CCS(=O)(=O)CC3)nn2-c2ccc(Cl)cc2Cl)cc1. The number of amides is 1. The maximum absolute atomic E-state index is 13.1. The number of aryl methyl sites for hydroxylation is 1. The fourth-order valence-corrected chi connectivity index (χ4v) is 5.20. The van der Waals surface area contributed by atoms with E-state index in [1.807, 2.05) is 31.2 Å². The summed E-state index contributed by atoms with van der Waals surface area (Å²) in [5.74, 6) is -0.716. The number of carbonyl (C=O) groups is 1. The van der Waals surface area contributed by atoms with Crippen LogP contribution in [-0.2, 0) is 9.84 Å². The summed E-state index contributed by atoms with van der Waals surface area (Å²) in [6, 6.07) is 14.4. The lowest BCUT2D eigenvalue weighted by Gasteiger charge is -2.26. The first-order valence-corrected chi connectivity index (χ1v) is 12.6. The van der Waals surface area contributed by atoms with Crippen molar-refractivity contribution in [1.82, 2.24) is 20.2 Å². The van der Waals surface area contributed by atoms with Crippen molar-refractivity contribution in [2.75, 3.05) is 24.6 Å². The van der Waals surface area contributed by atoms with E-state index >= 15 is 0 Å². The topological polar surface area (TPSA) is 108 Å². The second-order valence-corrected chi connectivity index (χ2v) is 10.8. The lowest BCUT2D eigenvalue weighted by molar-refractivity contribution is 0.0796. The minimum Gasteiger partial charge on any atom is -0.283 e. The summed E-state index contributed by atoms with van der Waals surface area (Å²) in [5.41, 5.74) is 5.24. The molecule has 2 aromatic carbocycles. The van der Waals surface area contributed by atoms with Gasteiger partial charge < -0.3 is 0 Å². The zero-order chi connectivity index (χ0) is 23.8. The molecule has 1 N–H and O–H groups in total. The molecule has 0 unspecified atom stereocenters. The van der Waals surface area contributed by atoms with E-state index in [2.05, 4.69) is 16.6 Å². The van der Waals surface area contributed by atoms with Gasteiger partial charge in [-0.3, -0.25) is 10.2 Å². The predicted octanol–water partition coefficient (Wildman–Crippen LogP) is 3.40. The molecule has 0 saturated carbocycles. The van der Waals surface area contributed by atoms with E-state index in [4.69, 9.17) is 23.2 Å². The first-order chi connectivity index (χ1) is 15.7. The van der Waals surface area contributed by atoms with Crippen molar-refractivity contribution >= 4 is 38.9 Å². The fourth-order valence-electron chi connectivity index (χ4n) is 3.51. The second kappa shape index (κ2) is 9.15. The van der Waals surface area contributed by atoms with Crippen LogP contribution in [0.3, 0.4) is 0 Å². The number of hydrogen-bond donors (Lipinski definition) is 1. The van der Waals surface area contributed by atoms with Crippen LogP contribution in [0.4, 0.5) is 0 Å². The first kappa shape index (κ1) is 23.3. The quantitative estimate of drug-likeness (QED) is 0.584. The summed E-state index contributed by atoms with van der Waals surface area (Å²) in [6.45, 7) is 2.26. The molecule has 33 heavy (non-hydrogen) atoms. The Hall–Kier alpha value is -2.90. The monoisotopic (exact) mass is 503 g/mol. The van der Waals surface area contributed by atoms with Gasteiger partial charge in [0.05, 0.1) is 27.9 Å². The maximum atomic E-state index is 13.1. The molecule has 11 heteroatoms. The van der Waals surface area contributed by atoms with Crippen LogP contribution in [0, 0.1) is 18.3 Å². The van der Waals surface area contributed by atoms with Crippen molar-refractivity contribution in [2.24, 2.45) is 0 Å². The number of nitriles is 1. The van der Waals surface area contributed by atoms with Gasteiger partial charge in [0.25, 0.3) is 5.91 Å². The lowest BCUT2D eigenvalue weighted by Crippen LogP contribution is -2.50. The number of halogens is 2. The Balaban J connectivity index is 1.80. The summed E-state index contributed by atoms with van der Waals surface area (Å²) >= 11 is 12.5. The summed E-state index contributed by atoms with van der Waals surface area (Å²) in [5, 5.41) is 16.7. The van der Waals surface area contributed by atoms with Gasteiger partial charge in [0.1, 0.15) is 11.6 Å². The van der Waals surface area contributed by atoms with Crippen molar-refractivity contribution in [3.63, 3.8) is 0 Å². The van der Waals surface area contributed by atoms with Crippen LogP contribution >= 0.6 is 23.2 Å². The molecule has 1 amide bonds. The van der Waals surface area contributed by atoms with Crippen molar-refractivity contribution in [1.29, 1.82) is 5.26 Å². The summed E-state index contributed by atoms with van der Waals surface area (Å²) in [6.07, 6.45) is 0. The Labute approximate surface area is 201 Å². The van der Waals surface area contributed by atoms with Gasteiger partial charge in [-0.1, -0.05) is 53.0 Å². The van der Waals surface area contributed by atoms with Crippen LogP contribution < -0.4 is 5.43 Å².